The standard InChI is InChI=1S/C22H18ClN3O3S2/c1-28-18-7-6-13(9-19(18)29-2)17-12-31-22(25-17)26-20(27)10-16-11-30-21(24-16)14-4-3-5-15(23)8-14/h3-9,11-12H,10H2,1-2H3,(H,25,26,27). The molecule has 0 unspecified atom stereocenters. The molecule has 0 aliphatic carbocycles. The summed E-state index contributed by atoms with van der Waals surface area (Å²) in [4.78, 5) is 21.5. The highest BCUT2D eigenvalue weighted by Crippen LogP contribution is 2.33. The summed E-state index contributed by atoms with van der Waals surface area (Å²) in [6, 6.07) is 13.1. The van der Waals surface area contributed by atoms with Gasteiger partial charge in [0.1, 0.15) is 5.01 Å². The Morgan fingerprint density at radius 3 is 2.61 bits per heavy atom. The lowest BCUT2D eigenvalue weighted by Gasteiger charge is -2.08. The summed E-state index contributed by atoms with van der Waals surface area (Å²) in [5.41, 5.74) is 3.26. The van der Waals surface area contributed by atoms with E-state index in [0.29, 0.717) is 27.3 Å². The highest BCUT2D eigenvalue weighted by molar-refractivity contribution is 7.14. The summed E-state index contributed by atoms with van der Waals surface area (Å²) in [6.07, 6.45) is 0.169. The van der Waals surface area contributed by atoms with Gasteiger partial charge >= 0.3 is 0 Å². The van der Waals surface area contributed by atoms with E-state index >= 15 is 0 Å². The molecule has 0 radical (unpaired) electrons. The third-order valence-corrected chi connectivity index (χ3v) is 6.33. The number of amides is 1. The molecule has 4 aromatic rings. The quantitative estimate of drug-likeness (QED) is 0.369. The zero-order valence-corrected chi connectivity index (χ0v) is 19.1. The molecule has 0 saturated heterocycles. The minimum Gasteiger partial charge on any atom is -0.493 e. The van der Waals surface area contributed by atoms with Crippen LogP contribution in [0.5, 0.6) is 11.5 Å². The number of aromatic nitrogens is 2. The van der Waals surface area contributed by atoms with Crippen LogP contribution in [0.2, 0.25) is 5.02 Å². The Morgan fingerprint density at radius 2 is 1.84 bits per heavy atom. The number of nitrogens with one attached hydrogen (secondary N) is 1. The van der Waals surface area contributed by atoms with Gasteiger partial charge in [0.15, 0.2) is 16.6 Å². The van der Waals surface area contributed by atoms with Gasteiger partial charge in [0, 0.05) is 26.9 Å². The number of halogens is 1. The second-order valence-corrected chi connectivity index (χ2v) is 8.64. The van der Waals surface area contributed by atoms with E-state index in [1.807, 2.05) is 53.2 Å². The van der Waals surface area contributed by atoms with E-state index in [1.165, 1.54) is 22.7 Å². The molecule has 2 aromatic carbocycles. The molecule has 0 saturated carbocycles. The summed E-state index contributed by atoms with van der Waals surface area (Å²) >= 11 is 8.89. The first kappa shape index (κ1) is 21.3. The maximum atomic E-state index is 12.5. The largest absolute Gasteiger partial charge is 0.493 e. The predicted molar refractivity (Wildman–Crippen MR) is 126 cm³/mol. The average Bonchev–Trinajstić information content (AvgIpc) is 3.43. The summed E-state index contributed by atoms with van der Waals surface area (Å²) in [5, 5.41) is 8.62. The molecule has 2 aromatic heterocycles. The first-order valence-electron chi connectivity index (χ1n) is 9.24. The van der Waals surface area contributed by atoms with Gasteiger partial charge in [-0.15, -0.1) is 22.7 Å². The van der Waals surface area contributed by atoms with Crippen LogP contribution < -0.4 is 14.8 Å². The number of rotatable bonds is 7. The number of carbonyl (C=O) groups is 1. The number of anilines is 1. The minimum absolute atomic E-state index is 0.169. The second-order valence-electron chi connectivity index (χ2n) is 6.49. The molecule has 158 valence electrons. The van der Waals surface area contributed by atoms with E-state index in [-0.39, 0.29) is 12.3 Å². The van der Waals surface area contributed by atoms with Crippen molar-refractivity contribution in [3.8, 4) is 33.3 Å². The Labute approximate surface area is 192 Å². The molecule has 0 aliphatic heterocycles. The Balaban J connectivity index is 1.42. The van der Waals surface area contributed by atoms with E-state index in [4.69, 9.17) is 21.1 Å². The minimum atomic E-state index is -0.170. The lowest BCUT2D eigenvalue weighted by atomic mass is 10.1. The number of methoxy groups -OCH3 is 2. The fourth-order valence-electron chi connectivity index (χ4n) is 2.93. The van der Waals surface area contributed by atoms with Crippen LogP contribution in [0.3, 0.4) is 0 Å². The molecule has 2 heterocycles. The van der Waals surface area contributed by atoms with Crippen LogP contribution in [0, 0.1) is 0 Å². The van der Waals surface area contributed by atoms with Crippen LogP contribution in [-0.4, -0.2) is 30.1 Å². The first-order valence-corrected chi connectivity index (χ1v) is 11.4. The van der Waals surface area contributed by atoms with Crippen LogP contribution in [0.15, 0.2) is 53.2 Å². The number of ether oxygens (including phenoxy) is 2. The molecular weight excluding hydrogens is 454 g/mol. The van der Waals surface area contributed by atoms with Gasteiger partial charge < -0.3 is 14.8 Å². The Bertz CT molecular complexity index is 1220. The molecule has 9 heteroatoms. The zero-order valence-electron chi connectivity index (χ0n) is 16.7. The van der Waals surface area contributed by atoms with Gasteiger partial charge in [-0.25, -0.2) is 9.97 Å². The fraction of sp³-hybridized carbons (Fsp3) is 0.136. The Morgan fingerprint density at radius 1 is 1.00 bits per heavy atom. The Hall–Kier alpha value is -2.94. The molecule has 0 aliphatic rings. The normalized spacial score (nSPS) is 10.7. The van der Waals surface area contributed by atoms with Gasteiger partial charge in [0.05, 0.1) is 32.0 Å². The van der Waals surface area contributed by atoms with E-state index in [2.05, 4.69) is 15.3 Å². The van der Waals surface area contributed by atoms with E-state index in [9.17, 15) is 4.79 Å². The van der Waals surface area contributed by atoms with Gasteiger partial charge in [-0.1, -0.05) is 23.7 Å². The molecule has 4 rings (SSSR count). The number of nitrogens with zero attached hydrogens (tertiary/aromatic N) is 2. The van der Waals surface area contributed by atoms with E-state index < -0.39 is 0 Å². The average molecular weight is 472 g/mol. The number of hydrogen-bond acceptors (Lipinski definition) is 7. The molecular formula is C22H18ClN3O3S2. The third-order valence-electron chi connectivity index (χ3n) is 4.39. The summed E-state index contributed by atoms with van der Waals surface area (Å²) < 4.78 is 10.6. The fourth-order valence-corrected chi connectivity index (χ4v) is 4.67. The molecule has 1 amide bonds. The smallest absolute Gasteiger partial charge is 0.232 e. The highest BCUT2D eigenvalue weighted by atomic mass is 35.5. The number of thiazole rings is 2. The van der Waals surface area contributed by atoms with E-state index in [1.54, 1.807) is 14.2 Å². The van der Waals surface area contributed by atoms with Crippen molar-refractivity contribution >= 4 is 45.3 Å². The number of carbonyl (C=O) groups excluding carboxylic acids is 1. The van der Waals surface area contributed by atoms with Crippen LogP contribution >= 0.6 is 34.3 Å². The maximum Gasteiger partial charge on any atom is 0.232 e. The van der Waals surface area contributed by atoms with Gasteiger partial charge in [-0.05, 0) is 30.3 Å². The summed E-state index contributed by atoms with van der Waals surface area (Å²) in [6.45, 7) is 0. The molecule has 6 nitrogen and oxygen atoms in total. The highest BCUT2D eigenvalue weighted by Gasteiger charge is 2.13. The van der Waals surface area contributed by atoms with Crippen molar-refractivity contribution in [1.82, 2.24) is 9.97 Å². The van der Waals surface area contributed by atoms with Crippen molar-refractivity contribution in [3.63, 3.8) is 0 Å². The topological polar surface area (TPSA) is 73.3 Å². The van der Waals surface area contributed by atoms with Crippen LogP contribution in [0.4, 0.5) is 5.13 Å². The molecule has 1 N–H and O–H groups in total. The van der Waals surface area contributed by atoms with Crippen molar-refractivity contribution in [2.45, 2.75) is 6.42 Å². The second kappa shape index (κ2) is 9.47. The lowest BCUT2D eigenvalue weighted by Crippen LogP contribution is -2.14. The SMILES string of the molecule is COc1ccc(-c2csc(NC(=O)Cc3csc(-c4cccc(Cl)c4)n3)n2)cc1OC. The van der Waals surface area contributed by atoms with Crippen molar-refractivity contribution in [2.24, 2.45) is 0 Å². The Kier molecular flexibility index (Phi) is 6.50. The van der Waals surface area contributed by atoms with Crippen LogP contribution in [0.25, 0.3) is 21.8 Å². The van der Waals surface area contributed by atoms with Crippen LogP contribution in [-0.2, 0) is 11.2 Å². The number of benzene rings is 2. The van der Waals surface area contributed by atoms with E-state index in [0.717, 1.165) is 21.8 Å². The molecule has 0 fully saturated rings. The lowest BCUT2D eigenvalue weighted by molar-refractivity contribution is -0.115. The van der Waals surface area contributed by atoms with Gasteiger partial charge in [-0.3, -0.25) is 4.79 Å². The molecule has 0 spiro atoms. The first-order chi connectivity index (χ1) is 15.1. The van der Waals surface area contributed by atoms with Crippen molar-refractivity contribution in [3.05, 3.63) is 63.9 Å². The maximum absolute atomic E-state index is 12.5. The van der Waals surface area contributed by atoms with Gasteiger partial charge in [0.25, 0.3) is 0 Å². The molecule has 31 heavy (non-hydrogen) atoms. The van der Waals surface area contributed by atoms with Gasteiger partial charge in [0.2, 0.25) is 5.91 Å². The van der Waals surface area contributed by atoms with Gasteiger partial charge in [-0.2, -0.15) is 0 Å². The van der Waals surface area contributed by atoms with Crippen molar-refractivity contribution in [1.29, 1.82) is 0 Å². The van der Waals surface area contributed by atoms with Crippen LogP contribution in [0.1, 0.15) is 5.69 Å². The summed E-state index contributed by atoms with van der Waals surface area (Å²) in [7, 11) is 3.18. The summed E-state index contributed by atoms with van der Waals surface area (Å²) in [5.74, 6) is 1.10. The predicted octanol–water partition coefficient (Wildman–Crippen LogP) is 5.79. The van der Waals surface area contributed by atoms with Crippen molar-refractivity contribution in [2.75, 3.05) is 19.5 Å². The number of hydrogen-bond donors (Lipinski definition) is 1. The van der Waals surface area contributed by atoms with Crippen molar-refractivity contribution < 1.29 is 14.3 Å². The zero-order chi connectivity index (χ0) is 21.8. The monoisotopic (exact) mass is 471 g/mol. The third kappa shape index (κ3) is 5.04. The molecule has 0 bridgehead atoms. The molecule has 0 atom stereocenters.